The smallest absolute Gasteiger partial charge is 0.257 e. The molecule has 4 rings (SSSR count). The zero-order valence-electron chi connectivity index (χ0n) is 17.0. The Balaban J connectivity index is 1.32. The number of carbonyl (C=O) groups excluding carboxylic acids is 2. The molecule has 0 radical (unpaired) electrons. The summed E-state index contributed by atoms with van der Waals surface area (Å²) in [7, 11) is 0. The molecule has 0 fully saturated rings. The third-order valence-corrected chi connectivity index (χ3v) is 6.48. The molecule has 160 valence electrons. The number of aromatic nitrogens is 2. The Morgan fingerprint density at radius 3 is 2.22 bits per heavy atom. The minimum absolute atomic E-state index is 0.232. The van der Waals surface area contributed by atoms with E-state index in [1.165, 1.54) is 16.9 Å². The van der Waals surface area contributed by atoms with Crippen LogP contribution in [0.1, 0.15) is 31.3 Å². The van der Waals surface area contributed by atoms with E-state index >= 15 is 0 Å². The molecule has 0 aliphatic heterocycles. The highest BCUT2D eigenvalue weighted by atomic mass is 32.2. The minimum atomic E-state index is -0.305. The number of nitrogens with one attached hydrogen (secondary N) is 2. The molecule has 1 heterocycles. The largest absolute Gasteiger partial charge is 0.322 e. The van der Waals surface area contributed by atoms with Gasteiger partial charge in [-0.05, 0) is 35.9 Å². The second kappa shape index (κ2) is 10.7. The van der Waals surface area contributed by atoms with E-state index in [0.29, 0.717) is 21.9 Å². The van der Waals surface area contributed by atoms with E-state index in [4.69, 9.17) is 0 Å². The first-order valence-electron chi connectivity index (χ1n) is 9.89. The summed E-state index contributed by atoms with van der Waals surface area (Å²) in [4.78, 5) is 25.0. The molecule has 0 bridgehead atoms. The predicted molar refractivity (Wildman–Crippen MR) is 130 cm³/mol. The number of thioether (sulfide) groups is 1. The number of carbonyl (C=O) groups is 2. The maximum absolute atomic E-state index is 12.6. The van der Waals surface area contributed by atoms with Crippen LogP contribution in [0.15, 0.2) is 84.9 Å². The first kappa shape index (κ1) is 21.7. The highest BCUT2D eigenvalue weighted by Crippen LogP contribution is 2.23. The molecule has 1 aromatic heterocycles. The minimum Gasteiger partial charge on any atom is -0.322 e. The molecule has 32 heavy (non-hydrogen) atoms. The molecule has 8 heteroatoms. The van der Waals surface area contributed by atoms with Crippen molar-refractivity contribution in [3.05, 3.63) is 107 Å². The second-order valence-corrected chi connectivity index (χ2v) is 8.88. The maximum atomic E-state index is 12.6. The average Bonchev–Trinajstić information content (AvgIpc) is 3.27. The van der Waals surface area contributed by atoms with E-state index in [2.05, 4.69) is 33.0 Å². The molecule has 0 spiro atoms. The van der Waals surface area contributed by atoms with Crippen molar-refractivity contribution >= 4 is 45.7 Å². The lowest BCUT2D eigenvalue weighted by Gasteiger charge is -2.07. The van der Waals surface area contributed by atoms with E-state index < -0.39 is 0 Å². The molecule has 0 saturated heterocycles. The quantitative estimate of drug-likeness (QED) is 0.364. The van der Waals surface area contributed by atoms with Gasteiger partial charge in [0.15, 0.2) is 0 Å². The van der Waals surface area contributed by atoms with Crippen molar-refractivity contribution in [3.63, 3.8) is 0 Å². The standard InChI is InChI=1S/C24H20N4O2S2/c29-22(18-10-5-2-6-11-18)25-20-13-7-12-19(14-20)23(30)26-24-28-27-21(32-24)16-31-15-17-8-3-1-4-9-17/h1-14H,15-16H2,(H,25,29)(H,26,28,30). The normalized spacial score (nSPS) is 10.5. The zero-order valence-corrected chi connectivity index (χ0v) is 18.7. The maximum Gasteiger partial charge on any atom is 0.257 e. The van der Waals surface area contributed by atoms with Crippen molar-refractivity contribution < 1.29 is 9.59 Å². The molecule has 0 saturated carbocycles. The number of anilines is 2. The van der Waals surface area contributed by atoms with Crippen molar-refractivity contribution in [1.82, 2.24) is 10.2 Å². The molecule has 0 unspecified atom stereocenters. The number of hydrogen-bond donors (Lipinski definition) is 2. The van der Waals surface area contributed by atoms with E-state index in [-0.39, 0.29) is 11.8 Å². The monoisotopic (exact) mass is 460 g/mol. The van der Waals surface area contributed by atoms with Gasteiger partial charge in [-0.25, -0.2) is 0 Å². The number of rotatable bonds is 8. The number of amides is 2. The van der Waals surface area contributed by atoms with E-state index in [9.17, 15) is 9.59 Å². The van der Waals surface area contributed by atoms with Crippen molar-refractivity contribution in [2.45, 2.75) is 11.5 Å². The summed E-state index contributed by atoms with van der Waals surface area (Å²) in [5, 5.41) is 15.1. The van der Waals surface area contributed by atoms with Crippen LogP contribution in [0.25, 0.3) is 0 Å². The van der Waals surface area contributed by atoms with Gasteiger partial charge in [-0.1, -0.05) is 65.9 Å². The lowest BCUT2D eigenvalue weighted by molar-refractivity contribution is 0.101. The first-order valence-corrected chi connectivity index (χ1v) is 11.9. The van der Waals surface area contributed by atoms with Gasteiger partial charge in [0.25, 0.3) is 11.8 Å². The molecule has 2 amide bonds. The van der Waals surface area contributed by atoms with Crippen LogP contribution in [-0.2, 0) is 11.5 Å². The van der Waals surface area contributed by atoms with E-state index in [1.807, 2.05) is 24.3 Å². The van der Waals surface area contributed by atoms with Crippen LogP contribution >= 0.6 is 23.1 Å². The molecular formula is C24H20N4O2S2. The summed E-state index contributed by atoms with van der Waals surface area (Å²) < 4.78 is 0. The molecule has 0 aliphatic rings. The van der Waals surface area contributed by atoms with Crippen LogP contribution in [0.4, 0.5) is 10.8 Å². The van der Waals surface area contributed by atoms with Crippen LogP contribution in [0, 0.1) is 0 Å². The SMILES string of the molecule is O=C(Nc1cccc(C(=O)Nc2nnc(CSCc3ccccc3)s2)c1)c1ccccc1. The van der Waals surface area contributed by atoms with E-state index in [0.717, 1.165) is 16.5 Å². The summed E-state index contributed by atoms with van der Waals surface area (Å²) in [5.41, 5.74) is 2.77. The van der Waals surface area contributed by atoms with Crippen LogP contribution in [0.2, 0.25) is 0 Å². The van der Waals surface area contributed by atoms with Gasteiger partial charge in [-0.3, -0.25) is 14.9 Å². The Morgan fingerprint density at radius 1 is 0.750 bits per heavy atom. The molecule has 3 aromatic carbocycles. The van der Waals surface area contributed by atoms with Gasteiger partial charge >= 0.3 is 0 Å². The van der Waals surface area contributed by atoms with Crippen molar-refractivity contribution in [2.24, 2.45) is 0 Å². The summed E-state index contributed by atoms with van der Waals surface area (Å²) in [6.07, 6.45) is 0. The number of nitrogens with zero attached hydrogens (tertiary/aromatic N) is 2. The van der Waals surface area contributed by atoms with E-state index in [1.54, 1.807) is 60.3 Å². The van der Waals surface area contributed by atoms with Gasteiger partial charge in [-0.15, -0.1) is 22.0 Å². The lowest BCUT2D eigenvalue weighted by atomic mass is 10.1. The Hall–Kier alpha value is -3.49. The van der Waals surface area contributed by atoms with Crippen LogP contribution in [0.5, 0.6) is 0 Å². The summed E-state index contributed by atoms with van der Waals surface area (Å²) in [5.74, 6) is 1.08. The summed E-state index contributed by atoms with van der Waals surface area (Å²) in [6, 6.07) is 25.9. The third kappa shape index (κ3) is 6.03. The third-order valence-electron chi connectivity index (χ3n) is 4.44. The predicted octanol–water partition coefficient (Wildman–Crippen LogP) is 5.48. The van der Waals surface area contributed by atoms with Gasteiger partial charge < -0.3 is 5.32 Å². The topological polar surface area (TPSA) is 84.0 Å². The molecular weight excluding hydrogens is 440 g/mol. The second-order valence-electron chi connectivity index (χ2n) is 6.83. The molecule has 0 atom stereocenters. The number of benzene rings is 3. The van der Waals surface area contributed by atoms with Crippen molar-refractivity contribution in [1.29, 1.82) is 0 Å². The van der Waals surface area contributed by atoms with Crippen molar-refractivity contribution in [2.75, 3.05) is 10.6 Å². The fraction of sp³-hybridized carbons (Fsp3) is 0.0833. The van der Waals surface area contributed by atoms with Gasteiger partial charge in [0, 0.05) is 28.3 Å². The van der Waals surface area contributed by atoms with Gasteiger partial charge in [-0.2, -0.15) is 0 Å². The Morgan fingerprint density at radius 2 is 1.44 bits per heavy atom. The van der Waals surface area contributed by atoms with Crippen LogP contribution in [-0.4, -0.2) is 22.0 Å². The highest BCUT2D eigenvalue weighted by Gasteiger charge is 2.12. The Labute approximate surface area is 194 Å². The van der Waals surface area contributed by atoms with Crippen LogP contribution < -0.4 is 10.6 Å². The Bertz CT molecular complexity index is 1200. The zero-order chi connectivity index (χ0) is 22.2. The Kier molecular flexibility index (Phi) is 7.27. The number of hydrogen-bond acceptors (Lipinski definition) is 6. The fourth-order valence-electron chi connectivity index (χ4n) is 2.89. The lowest BCUT2D eigenvalue weighted by Crippen LogP contribution is -2.14. The molecule has 4 aromatic rings. The summed E-state index contributed by atoms with van der Waals surface area (Å²) >= 11 is 3.11. The summed E-state index contributed by atoms with van der Waals surface area (Å²) in [6.45, 7) is 0. The molecule has 6 nitrogen and oxygen atoms in total. The fourth-order valence-corrected chi connectivity index (χ4v) is 4.67. The molecule has 0 aliphatic carbocycles. The van der Waals surface area contributed by atoms with Gasteiger partial charge in [0.2, 0.25) is 5.13 Å². The average molecular weight is 461 g/mol. The van der Waals surface area contributed by atoms with Gasteiger partial charge in [0.1, 0.15) is 5.01 Å². The molecule has 2 N–H and O–H groups in total. The first-order chi connectivity index (χ1) is 15.7. The van der Waals surface area contributed by atoms with Gasteiger partial charge in [0.05, 0.1) is 0 Å². The van der Waals surface area contributed by atoms with Crippen LogP contribution in [0.3, 0.4) is 0 Å². The highest BCUT2D eigenvalue weighted by molar-refractivity contribution is 7.97. The van der Waals surface area contributed by atoms with Crippen molar-refractivity contribution in [3.8, 4) is 0 Å².